The molecule has 1 unspecified atom stereocenters. The first-order valence-corrected chi connectivity index (χ1v) is 7.36. The number of alkyl halides is 3. The van der Waals surface area contributed by atoms with Crippen molar-refractivity contribution in [2.24, 2.45) is 0 Å². The fourth-order valence-corrected chi connectivity index (χ4v) is 3.22. The van der Waals surface area contributed by atoms with Crippen LogP contribution in [0.25, 0.3) is 0 Å². The average Bonchev–Trinajstić information content (AvgIpc) is 2.56. The third kappa shape index (κ3) is 4.80. The molecule has 0 radical (unpaired) electrons. The summed E-state index contributed by atoms with van der Waals surface area (Å²) < 4.78 is 67.9. The van der Waals surface area contributed by atoms with E-state index in [1.807, 2.05) is 4.72 Å². The Balaban J connectivity index is 2.88. The molecule has 116 valence electrons. The second-order valence-electron chi connectivity index (χ2n) is 4.51. The molecule has 1 heterocycles. The molecule has 0 aliphatic carbocycles. The summed E-state index contributed by atoms with van der Waals surface area (Å²) in [5.41, 5.74) is 0. The second-order valence-corrected chi connectivity index (χ2v) is 6.19. The van der Waals surface area contributed by atoms with E-state index in [4.69, 9.17) is 4.42 Å². The highest BCUT2D eigenvalue weighted by atomic mass is 32.2. The van der Waals surface area contributed by atoms with Crippen LogP contribution in [0.4, 0.5) is 13.2 Å². The first kappa shape index (κ1) is 17.0. The monoisotopic (exact) mass is 314 g/mol. The zero-order chi connectivity index (χ0) is 15.6. The average molecular weight is 314 g/mol. The molecule has 0 saturated carbocycles. The van der Waals surface area contributed by atoms with Crippen LogP contribution in [-0.4, -0.2) is 27.7 Å². The van der Waals surface area contributed by atoms with Gasteiger partial charge in [-0.3, -0.25) is 0 Å². The molecule has 0 aromatic carbocycles. The van der Waals surface area contributed by atoms with Gasteiger partial charge >= 0.3 is 6.18 Å². The van der Waals surface area contributed by atoms with Crippen molar-refractivity contribution < 1.29 is 26.0 Å². The number of nitrogens with one attached hydrogen (secondary N) is 2. The van der Waals surface area contributed by atoms with Gasteiger partial charge < -0.3 is 9.73 Å². The largest absolute Gasteiger partial charge is 0.464 e. The van der Waals surface area contributed by atoms with Gasteiger partial charge in [0.25, 0.3) is 0 Å². The summed E-state index contributed by atoms with van der Waals surface area (Å²) in [5.74, 6) is 0.538. The topological polar surface area (TPSA) is 71.3 Å². The predicted octanol–water partition coefficient (Wildman–Crippen LogP) is 1.93. The van der Waals surface area contributed by atoms with E-state index in [9.17, 15) is 21.6 Å². The number of hydrogen-bond donors (Lipinski definition) is 2. The fraction of sp³-hybridized carbons (Fsp3) is 0.636. The minimum absolute atomic E-state index is 0.141. The maximum absolute atomic E-state index is 12.2. The van der Waals surface area contributed by atoms with Gasteiger partial charge in [0, 0.05) is 12.1 Å². The van der Waals surface area contributed by atoms with Gasteiger partial charge in [0.05, 0.1) is 13.0 Å². The Morgan fingerprint density at radius 3 is 2.50 bits per heavy atom. The van der Waals surface area contributed by atoms with Crippen molar-refractivity contribution in [2.45, 2.75) is 43.9 Å². The quantitative estimate of drug-likeness (QED) is 0.841. The number of furan rings is 1. The predicted molar refractivity (Wildman–Crippen MR) is 66.7 cm³/mol. The summed E-state index contributed by atoms with van der Waals surface area (Å²) >= 11 is 0. The van der Waals surface area contributed by atoms with Crippen molar-refractivity contribution in [1.82, 2.24) is 10.0 Å². The van der Waals surface area contributed by atoms with Gasteiger partial charge in [-0.15, -0.1) is 0 Å². The Bertz CT molecular complexity index is 552. The number of sulfonamides is 1. The maximum atomic E-state index is 12.2. The summed E-state index contributed by atoms with van der Waals surface area (Å²) in [5, 5.41) is 2.79. The summed E-state index contributed by atoms with van der Waals surface area (Å²) in [7, 11) is -2.37. The minimum Gasteiger partial charge on any atom is -0.464 e. The third-order valence-electron chi connectivity index (χ3n) is 2.46. The highest BCUT2D eigenvalue weighted by Crippen LogP contribution is 2.24. The number of halogens is 3. The van der Waals surface area contributed by atoms with Gasteiger partial charge in [-0.05, 0) is 20.9 Å². The zero-order valence-electron chi connectivity index (χ0n) is 11.3. The molecule has 1 rings (SSSR count). The molecule has 0 aliphatic rings. The molecular formula is C11H17F3N2O3S. The number of hydrogen-bond acceptors (Lipinski definition) is 4. The lowest BCUT2D eigenvalue weighted by molar-refractivity contribution is -0.137. The van der Waals surface area contributed by atoms with Crippen LogP contribution in [0.5, 0.6) is 0 Å². The van der Waals surface area contributed by atoms with Gasteiger partial charge in [-0.25, -0.2) is 13.1 Å². The molecule has 0 saturated heterocycles. The standard InChI is InChI=1S/C11H17F3N2O3S/c1-7(5-11(12,13)14)16-20(17,18)10-4-9(6-15-3)19-8(10)2/h4,7,15-16H,5-6H2,1-3H3. The lowest BCUT2D eigenvalue weighted by atomic mass is 10.2. The van der Waals surface area contributed by atoms with E-state index in [0.717, 1.165) is 6.92 Å². The van der Waals surface area contributed by atoms with E-state index in [1.54, 1.807) is 7.05 Å². The number of aryl methyl sites for hydroxylation is 1. The van der Waals surface area contributed by atoms with Crippen LogP contribution >= 0.6 is 0 Å². The van der Waals surface area contributed by atoms with E-state index in [2.05, 4.69) is 5.32 Å². The molecule has 0 fully saturated rings. The van der Waals surface area contributed by atoms with Crippen LogP contribution in [0.3, 0.4) is 0 Å². The Hall–Kier alpha value is -1.06. The van der Waals surface area contributed by atoms with Crippen LogP contribution in [-0.2, 0) is 16.6 Å². The summed E-state index contributed by atoms with van der Waals surface area (Å²) in [6.07, 6.45) is -5.66. The van der Waals surface area contributed by atoms with E-state index in [-0.39, 0.29) is 10.7 Å². The smallest absolute Gasteiger partial charge is 0.390 e. The Morgan fingerprint density at radius 1 is 1.40 bits per heavy atom. The van der Waals surface area contributed by atoms with Crippen molar-refractivity contribution in [2.75, 3.05) is 7.05 Å². The lowest BCUT2D eigenvalue weighted by Crippen LogP contribution is -2.36. The third-order valence-corrected chi connectivity index (χ3v) is 4.15. The van der Waals surface area contributed by atoms with Gasteiger partial charge in [-0.1, -0.05) is 0 Å². The molecule has 0 spiro atoms. The fourth-order valence-electron chi connectivity index (χ4n) is 1.77. The van der Waals surface area contributed by atoms with Crippen LogP contribution in [0, 0.1) is 6.92 Å². The van der Waals surface area contributed by atoms with E-state index in [1.165, 1.54) is 13.0 Å². The first-order valence-electron chi connectivity index (χ1n) is 5.88. The van der Waals surface area contributed by atoms with Crippen LogP contribution < -0.4 is 10.0 Å². The Morgan fingerprint density at radius 2 is 2.00 bits per heavy atom. The molecule has 1 aromatic rings. The van der Waals surface area contributed by atoms with Gasteiger partial charge in [0.15, 0.2) is 0 Å². The maximum Gasteiger partial charge on any atom is 0.390 e. The molecule has 0 amide bonds. The molecule has 1 aromatic heterocycles. The van der Waals surface area contributed by atoms with Gasteiger partial charge in [0.2, 0.25) is 10.0 Å². The van der Waals surface area contributed by atoms with E-state index >= 15 is 0 Å². The van der Waals surface area contributed by atoms with Crippen molar-refractivity contribution in [3.05, 3.63) is 17.6 Å². The van der Waals surface area contributed by atoms with Gasteiger partial charge in [-0.2, -0.15) is 13.2 Å². The lowest BCUT2D eigenvalue weighted by Gasteiger charge is -2.15. The Labute approximate surface area is 115 Å². The van der Waals surface area contributed by atoms with Crippen LogP contribution in [0.2, 0.25) is 0 Å². The molecule has 0 bridgehead atoms. The van der Waals surface area contributed by atoms with Gasteiger partial charge in [0.1, 0.15) is 16.4 Å². The first-order chi connectivity index (χ1) is 9.05. The molecule has 20 heavy (non-hydrogen) atoms. The second kappa shape index (κ2) is 6.15. The van der Waals surface area contributed by atoms with Crippen molar-refractivity contribution in [3.8, 4) is 0 Å². The van der Waals surface area contributed by atoms with Crippen molar-refractivity contribution >= 4 is 10.0 Å². The van der Waals surface area contributed by atoms with E-state index < -0.39 is 28.7 Å². The summed E-state index contributed by atoms with van der Waals surface area (Å²) in [6.45, 7) is 2.94. The normalized spacial score (nSPS) is 14.5. The molecule has 0 aliphatic heterocycles. The summed E-state index contributed by atoms with van der Waals surface area (Å²) in [6, 6.07) is 0.0520. The van der Waals surface area contributed by atoms with Crippen LogP contribution in [0.15, 0.2) is 15.4 Å². The highest BCUT2D eigenvalue weighted by Gasteiger charge is 2.32. The molecule has 2 N–H and O–H groups in total. The van der Waals surface area contributed by atoms with E-state index in [0.29, 0.717) is 12.3 Å². The molecule has 5 nitrogen and oxygen atoms in total. The molecule has 9 heteroatoms. The molecule has 1 atom stereocenters. The van der Waals surface area contributed by atoms with Crippen LogP contribution in [0.1, 0.15) is 24.9 Å². The Kier molecular flexibility index (Phi) is 5.22. The SMILES string of the molecule is CNCc1cc(S(=O)(=O)NC(C)CC(F)(F)F)c(C)o1. The minimum atomic E-state index is -4.43. The highest BCUT2D eigenvalue weighted by molar-refractivity contribution is 7.89. The summed E-state index contributed by atoms with van der Waals surface area (Å²) in [4.78, 5) is -0.142. The molecular weight excluding hydrogens is 297 g/mol. The van der Waals surface area contributed by atoms with Crippen molar-refractivity contribution in [3.63, 3.8) is 0 Å². The zero-order valence-corrected chi connectivity index (χ0v) is 12.2. The number of rotatable bonds is 6. The van der Waals surface area contributed by atoms with Crippen molar-refractivity contribution in [1.29, 1.82) is 0 Å².